The molecule has 0 saturated heterocycles. The maximum Gasteiger partial charge on any atom is 0.269 e. The highest BCUT2D eigenvalue weighted by molar-refractivity contribution is 5.92. The summed E-state index contributed by atoms with van der Waals surface area (Å²) in [5.74, 6) is 1.87. The molecule has 2 aromatic heterocycles. The molecule has 2 heterocycles. The molecule has 6 heteroatoms. The minimum atomic E-state index is -0.146. The van der Waals surface area contributed by atoms with Crippen LogP contribution in [0, 0.1) is 13.8 Å². The maximum atomic E-state index is 12.2. The number of fused-ring (bicyclic) bond motifs is 1. The zero-order valence-electron chi connectivity index (χ0n) is 19.3. The fourth-order valence-electron chi connectivity index (χ4n) is 4.03. The third kappa shape index (κ3) is 5.58. The Hall–Kier alpha value is -3.67. The van der Waals surface area contributed by atoms with Crippen molar-refractivity contribution >= 4 is 16.9 Å². The van der Waals surface area contributed by atoms with Crippen molar-refractivity contribution in [1.82, 2.24) is 19.9 Å². The normalized spacial score (nSPS) is 11.0. The Bertz CT molecular complexity index is 1200. The molecule has 0 bridgehead atoms. The number of nitrogens with zero attached hydrogens (tertiary/aromatic N) is 3. The SMILES string of the molecule is Cc1cccc(C)c1OCCCn1c(CCCNC(=O)c2ccccn2)nc2ccccc21. The Labute approximate surface area is 194 Å². The van der Waals surface area contributed by atoms with E-state index in [9.17, 15) is 4.79 Å². The minimum absolute atomic E-state index is 0.146. The Balaban J connectivity index is 1.35. The molecule has 0 spiro atoms. The Morgan fingerprint density at radius 2 is 1.76 bits per heavy atom. The summed E-state index contributed by atoms with van der Waals surface area (Å²) in [6, 6.07) is 19.8. The summed E-state index contributed by atoms with van der Waals surface area (Å²) in [7, 11) is 0. The molecule has 0 atom stereocenters. The number of amides is 1. The number of imidazole rings is 1. The summed E-state index contributed by atoms with van der Waals surface area (Å²) >= 11 is 0. The number of ether oxygens (including phenoxy) is 1. The number of pyridine rings is 1. The van der Waals surface area contributed by atoms with Crippen molar-refractivity contribution in [1.29, 1.82) is 0 Å². The molecule has 0 fully saturated rings. The summed E-state index contributed by atoms with van der Waals surface area (Å²) < 4.78 is 8.38. The molecular weight excluding hydrogens is 412 g/mol. The van der Waals surface area contributed by atoms with Gasteiger partial charge in [-0.25, -0.2) is 4.98 Å². The molecule has 0 radical (unpaired) electrons. The lowest BCUT2D eigenvalue weighted by Gasteiger charge is -2.13. The number of carbonyl (C=O) groups is 1. The van der Waals surface area contributed by atoms with Gasteiger partial charge in [0, 0.05) is 25.7 Å². The average Bonchev–Trinajstić information content (AvgIpc) is 3.19. The van der Waals surface area contributed by atoms with Gasteiger partial charge >= 0.3 is 0 Å². The third-order valence-corrected chi connectivity index (χ3v) is 5.68. The van der Waals surface area contributed by atoms with E-state index in [0.717, 1.165) is 59.5 Å². The standard InChI is InChI=1S/C27H30N4O2/c1-20-10-7-11-21(2)26(20)33-19-9-18-31-24-14-4-3-12-22(24)30-25(31)15-8-17-29-27(32)23-13-5-6-16-28-23/h3-7,10-14,16H,8-9,15,17-19H2,1-2H3,(H,29,32). The van der Waals surface area contributed by atoms with Crippen LogP contribution in [0.3, 0.4) is 0 Å². The first-order chi connectivity index (χ1) is 16.1. The summed E-state index contributed by atoms with van der Waals surface area (Å²) in [5, 5.41) is 2.94. The number of aryl methyl sites for hydroxylation is 4. The zero-order chi connectivity index (χ0) is 23.0. The summed E-state index contributed by atoms with van der Waals surface area (Å²) in [4.78, 5) is 21.1. The molecule has 0 unspecified atom stereocenters. The van der Waals surface area contributed by atoms with Gasteiger partial charge in [0.15, 0.2) is 0 Å². The van der Waals surface area contributed by atoms with Gasteiger partial charge in [-0.1, -0.05) is 36.4 Å². The molecule has 0 aliphatic rings. The summed E-state index contributed by atoms with van der Waals surface area (Å²) in [5.41, 5.74) is 4.90. The Kier molecular flexibility index (Phi) is 7.35. The molecule has 1 N–H and O–H groups in total. The lowest BCUT2D eigenvalue weighted by atomic mass is 10.1. The number of hydrogen-bond acceptors (Lipinski definition) is 4. The van der Waals surface area contributed by atoms with Crippen LogP contribution in [0.5, 0.6) is 5.75 Å². The van der Waals surface area contributed by atoms with Crippen LogP contribution in [-0.2, 0) is 13.0 Å². The van der Waals surface area contributed by atoms with E-state index in [1.165, 1.54) is 0 Å². The van der Waals surface area contributed by atoms with Gasteiger partial charge in [-0.2, -0.15) is 0 Å². The topological polar surface area (TPSA) is 69.0 Å². The monoisotopic (exact) mass is 442 g/mol. The molecule has 0 saturated carbocycles. The molecule has 4 rings (SSSR count). The van der Waals surface area contributed by atoms with Gasteiger partial charge in [0.1, 0.15) is 17.3 Å². The second-order valence-corrected chi connectivity index (χ2v) is 8.17. The van der Waals surface area contributed by atoms with Crippen LogP contribution in [-0.4, -0.2) is 33.6 Å². The number of para-hydroxylation sites is 3. The number of rotatable bonds is 10. The molecular formula is C27H30N4O2. The van der Waals surface area contributed by atoms with Crippen molar-refractivity contribution in [3.8, 4) is 5.75 Å². The van der Waals surface area contributed by atoms with Crippen molar-refractivity contribution in [3.05, 3.63) is 89.5 Å². The third-order valence-electron chi connectivity index (χ3n) is 5.68. The van der Waals surface area contributed by atoms with Crippen LogP contribution in [0.2, 0.25) is 0 Å². The van der Waals surface area contributed by atoms with Crippen LogP contribution in [0.1, 0.15) is 40.3 Å². The predicted molar refractivity (Wildman–Crippen MR) is 131 cm³/mol. The highest BCUT2D eigenvalue weighted by Crippen LogP contribution is 2.23. The van der Waals surface area contributed by atoms with Gasteiger partial charge in [-0.05, 0) is 62.1 Å². The second-order valence-electron chi connectivity index (χ2n) is 8.17. The van der Waals surface area contributed by atoms with Crippen LogP contribution < -0.4 is 10.1 Å². The number of aromatic nitrogens is 3. The molecule has 170 valence electrons. The first-order valence-electron chi connectivity index (χ1n) is 11.5. The summed E-state index contributed by atoms with van der Waals surface area (Å²) in [6.07, 6.45) is 4.11. The summed E-state index contributed by atoms with van der Waals surface area (Å²) in [6.45, 7) is 6.22. The fraction of sp³-hybridized carbons (Fsp3) is 0.296. The van der Waals surface area contributed by atoms with Gasteiger partial charge in [0.05, 0.1) is 17.6 Å². The molecule has 1 amide bonds. The van der Waals surface area contributed by atoms with E-state index in [4.69, 9.17) is 9.72 Å². The largest absolute Gasteiger partial charge is 0.493 e. The quantitative estimate of drug-likeness (QED) is 0.356. The van der Waals surface area contributed by atoms with E-state index >= 15 is 0 Å². The average molecular weight is 443 g/mol. The Morgan fingerprint density at radius 1 is 0.970 bits per heavy atom. The van der Waals surface area contributed by atoms with Gasteiger partial charge in [-0.3, -0.25) is 9.78 Å². The molecule has 4 aromatic rings. The van der Waals surface area contributed by atoms with E-state index in [0.29, 0.717) is 18.8 Å². The van der Waals surface area contributed by atoms with Gasteiger partial charge < -0.3 is 14.6 Å². The van der Waals surface area contributed by atoms with Crippen molar-refractivity contribution in [3.63, 3.8) is 0 Å². The van der Waals surface area contributed by atoms with E-state index in [1.54, 1.807) is 18.3 Å². The predicted octanol–water partition coefficient (Wildman–Crippen LogP) is 4.88. The molecule has 6 nitrogen and oxygen atoms in total. The van der Waals surface area contributed by atoms with Gasteiger partial charge in [-0.15, -0.1) is 0 Å². The van der Waals surface area contributed by atoms with E-state index < -0.39 is 0 Å². The van der Waals surface area contributed by atoms with Gasteiger partial charge in [0.2, 0.25) is 0 Å². The Morgan fingerprint density at radius 3 is 2.55 bits per heavy atom. The highest BCUT2D eigenvalue weighted by atomic mass is 16.5. The van der Waals surface area contributed by atoms with Crippen molar-refractivity contribution in [2.24, 2.45) is 0 Å². The van der Waals surface area contributed by atoms with Crippen molar-refractivity contribution in [2.45, 2.75) is 39.7 Å². The first kappa shape index (κ1) is 22.5. The first-order valence-corrected chi connectivity index (χ1v) is 11.5. The number of hydrogen-bond donors (Lipinski definition) is 1. The maximum absolute atomic E-state index is 12.2. The fourth-order valence-corrected chi connectivity index (χ4v) is 4.03. The zero-order valence-corrected chi connectivity index (χ0v) is 19.3. The van der Waals surface area contributed by atoms with Crippen LogP contribution in [0.4, 0.5) is 0 Å². The van der Waals surface area contributed by atoms with E-state index in [2.05, 4.69) is 53.0 Å². The molecule has 0 aliphatic carbocycles. The molecule has 0 aliphatic heterocycles. The number of benzene rings is 2. The van der Waals surface area contributed by atoms with Crippen LogP contribution in [0.15, 0.2) is 66.9 Å². The van der Waals surface area contributed by atoms with Crippen LogP contribution in [0.25, 0.3) is 11.0 Å². The van der Waals surface area contributed by atoms with Crippen LogP contribution >= 0.6 is 0 Å². The van der Waals surface area contributed by atoms with E-state index in [-0.39, 0.29) is 5.91 Å². The second kappa shape index (κ2) is 10.8. The van der Waals surface area contributed by atoms with Crippen molar-refractivity contribution in [2.75, 3.05) is 13.2 Å². The smallest absolute Gasteiger partial charge is 0.269 e. The van der Waals surface area contributed by atoms with Gasteiger partial charge in [0.25, 0.3) is 5.91 Å². The van der Waals surface area contributed by atoms with Crippen molar-refractivity contribution < 1.29 is 9.53 Å². The minimum Gasteiger partial charge on any atom is -0.493 e. The number of carbonyl (C=O) groups excluding carboxylic acids is 1. The highest BCUT2D eigenvalue weighted by Gasteiger charge is 2.11. The van der Waals surface area contributed by atoms with E-state index in [1.807, 2.05) is 24.3 Å². The lowest BCUT2D eigenvalue weighted by molar-refractivity contribution is 0.0948. The molecule has 2 aromatic carbocycles. The lowest BCUT2D eigenvalue weighted by Crippen LogP contribution is -2.25. The molecule has 33 heavy (non-hydrogen) atoms. The number of nitrogens with one attached hydrogen (secondary N) is 1.